The SMILES string of the molecule is COc1ccc(NC(=O)CCSc2ccccc2F)c(OC)c1. The van der Waals surface area contributed by atoms with Crippen LogP contribution in [0, 0.1) is 5.82 Å². The summed E-state index contributed by atoms with van der Waals surface area (Å²) in [5.41, 5.74) is 0.578. The monoisotopic (exact) mass is 335 g/mol. The molecule has 4 nitrogen and oxygen atoms in total. The van der Waals surface area contributed by atoms with Gasteiger partial charge in [0.2, 0.25) is 5.91 Å². The van der Waals surface area contributed by atoms with Gasteiger partial charge in [0.15, 0.2) is 0 Å². The highest BCUT2D eigenvalue weighted by atomic mass is 32.2. The molecule has 2 aromatic rings. The first-order chi connectivity index (χ1) is 11.1. The van der Waals surface area contributed by atoms with Crippen LogP contribution in [0.15, 0.2) is 47.4 Å². The molecular weight excluding hydrogens is 317 g/mol. The van der Waals surface area contributed by atoms with E-state index >= 15 is 0 Å². The summed E-state index contributed by atoms with van der Waals surface area (Å²) in [5, 5.41) is 2.79. The predicted octanol–water partition coefficient (Wildman–Crippen LogP) is 3.96. The summed E-state index contributed by atoms with van der Waals surface area (Å²) in [5.74, 6) is 1.24. The molecular formula is C17H18FNO3S. The van der Waals surface area contributed by atoms with Gasteiger partial charge < -0.3 is 14.8 Å². The van der Waals surface area contributed by atoms with Crippen LogP contribution < -0.4 is 14.8 Å². The lowest BCUT2D eigenvalue weighted by Crippen LogP contribution is -2.13. The Kier molecular flexibility index (Phi) is 6.29. The maximum atomic E-state index is 13.5. The van der Waals surface area contributed by atoms with Crippen molar-refractivity contribution in [3.05, 3.63) is 48.3 Å². The Morgan fingerprint density at radius 3 is 2.65 bits per heavy atom. The van der Waals surface area contributed by atoms with Gasteiger partial charge in [-0.15, -0.1) is 11.8 Å². The molecule has 0 aromatic heterocycles. The summed E-state index contributed by atoms with van der Waals surface area (Å²) in [6, 6.07) is 11.7. The highest BCUT2D eigenvalue weighted by Crippen LogP contribution is 2.29. The van der Waals surface area contributed by atoms with E-state index in [1.165, 1.54) is 24.9 Å². The molecule has 1 amide bonds. The second-order valence-corrected chi connectivity index (χ2v) is 5.78. The highest BCUT2D eigenvalue weighted by Gasteiger charge is 2.09. The topological polar surface area (TPSA) is 47.6 Å². The minimum Gasteiger partial charge on any atom is -0.497 e. The highest BCUT2D eigenvalue weighted by molar-refractivity contribution is 7.99. The third-order valence-electron chi connectivity index (χ3n) is 3.11. The van der Waals surface area contributed by atoms with Crippen molar-refractivity contribution in [2.45, 2.75) is 11.3 Å². The van der Waals surface area contributed by atoms with Crippen LogP contribution in [0.3, 0.4) is 0 Å². The van der Waals surface area contributed by atoms with Crippen LogP contribution in [0.25, 0.3) is 0 Å². The van der Waals surface area contributed by atoms with E-state index in [0.717, 1.165) is 0 Å². The average Bonchev–Trinajstić information content (AvgIpc) is 2.57. The van der Waals surface area contributed by atoms with E-state index in [1.807, 2.05) is 0 Å². The zero-order chi connectivity index (χ0) is 16.7. The Balaban J connectivity index is 1.89. The van der Waals surface area contributed by atoms with E-state index in [9.17, 15) is 9.18 Å². The van der Waals surface area contributed by atoms with E-state index in [0.29, 0.717) is 27.8 Å². The molecule has 122 valence electrons. The maximum absolute atomic E-state index is 13.5. The maximum Gasteiger partial charge on any atom is 0.225 e. The third-order valence-corrected chi connectivity index (χ3v) is 4.16. The van der Waals surface area contributed by atoms with E-state index in [-0.39, 0.29) is 18.1 Å². The molecule has 0 aliphatic rings. The van der Waals surface area contributed by atoms with Crippen molar-refractivity contribution >= 4 is 23.4 Å². The second kappa shape index (κ2) is 8.43. The Labute approximate surface area is 139 Å². The first-order valence-corrected chi connectivity index (χ1v) is 8.02. The predicted molar refractivity (Wildman–Crippen MR) is 89.9 cm³/mol. The van der Waals surface area contributed by atoms with Gasteiger partial charge in [0.25, 0.3) is 0 Å². The largest absolute Gasteiger partial charge is 0.497 e. The van der Waals surface area contributed by atoms with Crippen LogP contribution in [-0.4, -0.2) is 25.9 Å². The fraction of sp³-hybridized carbons (Fsp3) is 0.235. The Morgan fingerprint density at radius 2 is 1.96 bits per heavy atom. The van der Waals surface area contributed by atoms with Crippen molar-refractivity contribution in [2.24, 2.45) is 0 Å². The summed E-state index contributed by atoms with van der Waals surface area (Å²) in [6.45, 7) is 0. The van der Waals surface area contributed by atoms with Gasteiger partial charge in [-0.25, -0.2) is 4.39 Å². The number of methoxy groups -OCH3 is 2. The number of carbonyl (C=O) groups excluding carboxylic acids is 1. The fourth-order valence-electron chi connectivity index (χ4n) is 1.93. The van der Waals surface area contributed by atoms with Crippen LogP contribution in [0.1, 0.15) is 6.42 Å². The summed E-state index contributed by atoms with van der Waals surface area (Å²) in [7, 11) is 3.09. The number of amides is 1. The number of hydrogen-bond acceptors (Lipinski definition) is 4. The molecule has 6 heteroatoms. The van der Waals surface area contributed by atoms with Crippen LogP contribution in [0.5, 0.6) is 11.5 Å². The summed E-state index contributed by atoms with van der Waals surface area (Å²) < 4.78 is 23.8. The van der Waals surface area contributed by atoms with Gasteiger partial charge in [-0.05, 0) is 24.3 Å². The molecule has 1 N–H and O–H groups in total. The molecule has 2 rings (SSSR count). The van der Waals surface area contributed by atoms with Crippen LogP contribution in [0.4, 0.5) is 10.1 Å². The molecule has 0 spiro atoms. The summed E-state index contributed by atoms with van der Waals surface area (Å²) >= 11 is 1.31. The van der Waals surface area contributed by atoms with Gasteiger partial charge >= 0.3 is 0 Å². The van der Waals surface area contributed by atoms with E-state index in [4.69, 9.17) is 9.47 Å². The van der Waals surface area contributed by atoms with Crippen molar-refractivity contribution in [3.63, 3.8) is 0 Å². The molecule has 0 atom stereocenters. The van der Waals surface area contributed by atoms with Gasteiger partial charge in [-0.3, -0.25) is 4.79 Å². The quantitative estimate of drug-likeness (QED) is 0.778. The van der Waals surface area contributed by atoms with Crippen molar-refractivity contribution in [1.29, 1.82) is 0 Å². The zero-order valence-corrected chi connectivity index (χ0v) is 13.8. The standard InChI is InChI=1S/C17H18FNO3S/c1-21-12-7-8-14(15(11-12)22-2)19-17(20)9-10-23-16-6-4-3-5-13(16)18/h3-8,11H,9-10H2,1-2H3,(H,19,20). The molecule has 0 saturated carbocycles. The van der Waals surface area contributed by atoms with E-state index in [1.54, 1.807) is 43.5 Å². The van der Waals surface area contributed by atoms with Gasteiger partial charge in [-0.2, -0.15) is 0 Å². The van der Waals surface area contributed by atoms with Crippen molar-refractivity contribution in [3.8, 4) is 11.5 Å². The van der Waals surface area contributed by atoms with E-state index < -0.39 is 0 Å². The van der Waals surface area contributed by atoms with Crippen LogP contribution in [0.2, 0.25) is 0 Å². The van der Waals surface area contributed by atoms with Crippen LogP contribution >= 0.6 is 11.8 Å². The molecule has 0 saturated heterocycles. The van der Waals surface area contributed by atoms with E-state index in [2.05, 4.69) is 5.32 Å². The number of rotatable bonds is 7. The molecule has 0 radical (unpaired) electrons. The lowest BCUT2D eigenvalue weighted by Gasteiger charge is -2.11. The zero-order valence-electron chi connectivity index (χ0n) is 13.0. The molecule has 0 bridgehead atoms. The summed E-state index contributed by atoms with van der Waals surface area (Å²) in [4.78, 5) is 12.5. The minimum atomic E-state index is -0.269. The molecule has 0 fully saturated rings. The number of hydrogen-bond donors (Lipinski definition) is 1. The molecule has 0 aliphatic carbocycles. The smallest absolute Gasteiger partial charge is 0.225 e. The molecule has 2 aromatic carbocycles. The normalized spacial score (nSPS) is 10.2. The summed E-state index contributed by atoms with van der Waals surface area (Å²) in [6.07, 6.45) is 0.272. The number of carbonyl (C=O) groups is 1. The van der Waals surface area contributed by atoms with Gasteiger partial charge in [-0.1, -0.05) is 12.1 Å². The number of halogens is 1. The molecule has 0 aliphatic heterocycles. The number of thioether (sulfide) groups is 1. The number of benzene rings is 2. The average molecular weight is 335 g/mol. The number of nitrogens with one attached hydrogen (secondary N) is 1. The van der Waals surface area contributed by atoms with Crippen LogP contribution in [-0.2, 0) is 4.79 Å². The first kappa shape index (κ1) is 17.1. The number of ether oxygens (including phenoxy) is 2. The minimum absolute atomic E-state index is 0.155. The van der Waals surface area contributed by atoms with Crippen molar-refractivity contribution in [2.75, 3.05) is 25.3 Å². The Bertz CT molecular complexity index is 679. The van der Waals surface area contributed by atoms with Gasteiger partial charge in [0, 0.05) is 23.1 Å². The van der Waals surface area contributed by atoms with Gasteiger partial charge in [0.05, 0.1) is 19.9 Å². The molecule has 0 unspecified atom stereocenters. The molecule has 0 heterocycles. The Hall–Kier alpha value is -2.21. The molecule has 23 heavy (non-hydrogen) atoms. The second-order valence-electron chi connectivity index (χ2n) is 4.64. The Morgan fingerprint density at radius 1 is 1.17 bits per heavy atom. The van der Waals surface area contributed by atoms with Crippen molar-refractivity contribution < 1.29 is 18.7 Å². The van der Waals surface area contributed by atoms with Gasteiger partial charge in [0.1, 0.15) is 17.3 Å². The third kappa shape index (κ3) is 4.89. The fourth-order valence-corrected chi connectivity index (χ4v) is 2.82. The van der Waals surface area contributed by atoms with Crippen molar-refractivity contribution in [1.82, 2.24) is 0 Å². The lowest BCUT2D eigenvalue weighted by atomic mass is 10.2. The first-order valence-electron chi connectivity index (χ1n) is 7.03. The lowest BCUT2D eigenvalue weighted by molar-refractivity contribution is -0.115. The number of anilines is 1.